The molecule has 0 aromatic heterocycles. The first-order valence-electron chi connectivity index (χ1n) is 14.3. The van der Waals surface area contributed by atoms with Gasteiger partial charge in [-0.05, 0) is 73.9 Å². The minimum absolute atomic E-state index is 0.246. The Morgan fingerprint density at radius 2 is 1.11 bits per heavy atom. The van der Waals surface area contributed by atoms with Crippen LogP contribution in [0.3, 0.4) is 0 Å². The molecule has 0 spiro atoms. The molecule has 4 rings (SSSR count). The fourth-order valence-electron chi connectivity index (χ4n) is 5.69. The normalized spacial score (nSPS) is 21.2. The first kappa shape index (κ1) is 35.1. The largest absolute Gasteiger partial charge is 0.481 e. The molecule has 4 atom stereocenters. The van der Waals surface area contributed by atoms with E-state index < -0.39 is 53.4 Å². The molecule has 2 aliphatic heterocycles. The molecule has 10 nitrogen and oxygen atoms in total. The second kappa shape index (κ2) is 16.1. The van der Waals surface area contributed by atoms with Crippen LogP contribution in [0.5, 0.6) is 0 Å². The van der Waals surface area contributed by atoms with Crippen LogP contribution in [0, 0.1) is 35.1 Å². The van der Waals surface area contributed by atoms with Gasteiger partial charge in [0.25, 0.3) is 0 Å². The van der Waals surface area contributed by atoms with Crippen LogP contribution < -0.4 is 0 Å². The number of aliphatic carboxylic acids is 1. The average molecular weight is 641 g/mol. The van der Waals surface area contributed by atoms with E-state index >= 15 is 0 Å². The topological polar surface area (TPSA) is 123 Å². The predicted octanol–water partition coefficient (Wildman–Crippen LogP) is 4.97. The quantitative estimate of drug-likeness (QED) is 0.267. The van der Waals surface area contributed by atoms with Crippen LogP contribution in [-0.4, -0.2) is 85.5 Å². The lowest BCUT2D eigenvalue weighted by Crippen LogP contribution is -2.48. The van der Waals surface area contributed by atoms with Crippen LogP contribution in [0.1, 0.15) is 36.8 Å². The van der Waals surface area contributed by atoms with Gasteiger partial charge in [0.2, 0.25) is 0 Å². The lowest BCUT2D eigenvalue weighted by Gasteiger charge is -2.37. The number of likely N-dealkylation sites (tertiary alicyclic amines) is 2. The number of ether oxygens (including phenoxy) is 3. The van der Waals surface area contributed by atoms with Gasteiger partial charge in [-0.2, -0.15) is 0 Å². The maximum absolute atomic E-state index is 13.4. The van der Waals surface area contributed by atoms with Crippen molar-refractivity contribution >= 4 is 24.1 Å². The molecule has 45 heavy (non-hydrogen) atoms. The van der Waals surface area contributed by atoms with Gasteiger partial charge in [-0.25, -0.2) is 27.2 Å². The van der Waals surface area contributed by atoms with Gasteiger partial charge in [0.05, 0.1) is 33.2 Å². The Labute approximate surface area is 257 Å². The number of hydrogen-bond acceptors (Lipinski definition) is 7. The summed E-state index contributed by atoms with van der Waals surface area (Å²) < 4.78 is 66.9. The Morgan fingerprint density at radius 3 is 1.49 bits per heavy atom. The molecule has 2 aromatic carbocycles. The third kappa shape index (κ3) is 9.32. The van der Waals surface area contributed by atoms with Gasteiger partial charge >= 0.3 is 24.1 Å². The van der Waals surface area contributed by atoms with Gasteiger partial charge in [0.15, 0.2) is 23.3 Å². The molecule has 14 heteroatoms. The number of carbonyl (C=O) groups excluding carboxylic acids is 3. The van der Waals surface area contributed by atoms with Crippen molar-refractivity contribution < 1.29 is 56.1 Å². The number of hydrogen-bond donors (Lipinski definition) is 1. The summed E-state index contributed by atoms with van der Waals surface area (Å²) in [7, 11) is 3.85. The first-order chi connectivity index (χ1) is 21.4. The summed E-state index contributed by atoms with van der Waals surface area (Å²) in [6, 6.07) is 6.37. The lowest BCUT2D eigenvalue weighted by molar-refractivity contribution is -0.147. The van der Waals surface area contributed by atoms with E-state index in [-0.39, 0.29) is 37.3 Å². The number of carboxylic acids is 1. The van der Waals surface area contributed by atoms with Gasteiger partial charge in [-0.15, -0.1) is 0 Å². The number of halogens is 4. The van der Waals surface area contributed by atoms with Gasteiger partial charge in [-0.3, -0.25) is 9.59 Å². The third-order valence-corrected chi connectivity index (χ3v) is 8.04. The lowest BCUT2D eigenvalue weighted by atomic mass is 9.88. The van der Waals surface area contributed by atoms with E-state index in [0.29, 0.717) is 43.4 Å². The molecular formula is C31H36F4N2O8. The van der Waals surface area contributed by atoms with E-state index in [2.05, 4.69) is 0 Å². The SMILES string of the molecule is COC(=O)C1CCN(C(=O)OC)C(Cc2ccc(F)c(F)c2)C1.COC(=O)N1CCC(C(=O)O)CC1Cc1ccc(F)c(F)c1. The minimum Gasteiger partial charge on any atom is -0.481 e. The van der Waals surface area contributed by atoms with Crippen LogP contribution in [0.15, 0.2) is 36.4 Å². The number of benzene rings is 2. The zero-order valence-electron chi connectivity index (χ0n) is 25.1. The van der Waals surface area contributed by atoms with Crippen LogP contribution in [0.25, 0.3) is 0 Å². The molecule has 0 saturated carbocycles. The van der Waals surface area contributed by atoms with Crippen LogP contribution >= 0.6 is 0 Å². The van der Waals surface area contributed by atoms with E-state index in [1.807, 2.05) is 0 Å². The molecule has 2 amide bonds. The van der Waals surface area contributed by atoms with Crippen molar-refractivity contribution in [3.05, 3.63) is 70.8 Å². The van der Waals surface area contributed by atoms with Crippen molar-refractivity contribution in [3.63, 3.8) is 0 Å². The van der Waals surface area contributed by atoms with Crippen molar-refractivity contribution in [3.8, 4) is 0 Å². The first-order valence-corrected chi connectivity index (χ1v) is 14.3. The van der Waals surface area contributed by atoms with E-state index in [9.17, 15) is 36.7 Å². The van der Waals surface area contributed by atoms with E-state index in [4.69, 9.17) is 19.3 Å². The molecule has 4 unspecified atom stereocenters. The van der Waals surface area contributed by atoms with Crippen molar-refractivity contribution in [1.82, 2.24) is 9.80 Å². The number of amides is 2. The van der Waals surface area contributed by atoms with Crippen molar-refractivity contribution in [2.24, 2.45) is 11.8 Å². The minimum atomic E-state index is -0.965. The summed E-state index contributed by atoms with van der Waals surface area (Å²) in [6.45, 7) is 0.610. The van der Waals surface area contributed by atoms with Crippen LogP contribution in [0.4, 0.5) is 27.2 Å². The summed E-state index contributed by atoms with van der Waals surface area (Å²) in [5, 5.41) is 9.14. The highest BCUT2D eigenvalue weighted by Gasteiger charge is 2.37. The van der Waals surface area contributed by atoms with Crippen molar-refractivity contribution in [2.75, 3.05) is 34.4 Å². The Kier molecular flexibility index (Phi) is 12.6. The smallest absolute Gasteiger partial charge is 0.409 e. The summed E-state index contributed by atoms with van der Waals surface area (Å²) in [6.07, 6.45) is 0.979. The Morgan fingerprint density at radius 1 is 0.689 bits per heavy atom. The van der Waals surface area contributed by atoms with Gasteiger partial charge < -0.3 is 29.1 Å². The number of piperidine rings is 2. The van der Waals surface area contributed by atoms with Crippen LogP contribution in [-0.2, 0) is 36.6 Å². The molecular weight excluding hydrogens is 604 g/mol. The number of methoxy groups -OCH3 is 3. The fourth-order valence-corrected chi connectivity index (χ4v) is 5.69. The molecule has 246 valence electrons. The Bertz CT molecular complexity index is 1380. The van der Waals surface area contributed by atoms with Crippen molar-refractivity contribution in [1.29, 1.82) is 0 Å². The van der Waals surface area contributed by atoms with Crippen molar-refractivity contribution in [2.45, 2.75) is 50.6 Å². The summed E-state index contributed by atoms with van der Waals surface area (Å²) in [4.78, 5) is 49.5. The molecule has 2 fully saturated rings. The summed E-state index contributed by atoms with van der Waals surface area (Å²) in [5.41, 5.74) is 1.05. The number of esters is 1. The fraction of sp³-hybridized carbons (Fsp3) is 0.484. The number of rotatable bonds is 6. The van der Waals surface area contributed by atoms with E-state index in [1.54, 1.807) is 0 Å². The van der Waals surface area contributed by atoms with Gasteiger partial charge in [0, 0.05) is 25.2 Å². The summed E-state index contributed by atoms with van der Waals surface area (Å²) in [5.74, 6) is -5.90. The molecule has 2 aromatic rings. The maximum atomic E-state index is 13.4. The standard InChI is InChI=1S/C16H19F2NO4.C15H17F2NO4/c1-22-15(20)11-5-6-19(16(21)23-2)12(9-11)7-10-3-4-13(17)14(18)8-10;1-22-15(21)18-5-4-10(14(19)20)8-11(18)6-9-2-3-12(16)13(17)7-9/h3-4,8,11-12H,5-7,9H2,1-2H3;2-3,7,10-11H,4-6,8H2,1H3,(H,19,20). The second-order valence-corrected chi connectivity index (χ2v) is 10.8. The maximum Gasteiger partial charge on any atom is 0.409 e. The summed E-state index contributed by atoms with van der Waals surface area (Å²) >= 11 is 0. The molecule has 2 heterocycles. The monoisotopic (exact) mass is 640 g/mol. The molecule has 0 bridgehead atoms. The number of carbonyl (C=O) groups is 4. The average Bonchev–Trinajstić information content (AvgIpc) is 3.03. The van der Waals surface area contributed by atoms with E-state index in [1.165, 1.54) is 43.3 Å². The Hall–Kier alpha value is -4.36. The molecule has 2 aliphatic rings. The van der Waals surface area contributed by atoms with E-state index in [0.717, 1.165) is 24.3 Å². The molecule has 0 radical (unpaired) electrons. The van der Waals surface area contributed by atoms with Gasteiger partial charge in [-0.1, -0.05) is 12.1 Å². The molecule has 1 N–H and O–H groups in total. The van der Waals surface area contributed by atoms with Crippen LogP contribution in [0.2, 0.25) is 0 Å². The zero-order chi connectivity index (χ0) is 33.3. The number of carboxylic acid groups (broad SMARTS) is 1. The third-order valence-electron chi connectivity index (χ3n) is 8.04. The highest BCUT2D eigenvalue weighted by Crippen LogP contribution is 2.28. The molecule has 0 aliphatic carbocycles. The predicted molar refractivity (Wildman–Crippen MR) is 151 cm³/mol. The highest BCUT2D eigenvalue weighted by molar-refractivity contribution is 5.74. The van der Waals surface area contributed by atoms with Gasteiger partial charge in [0.1, 0.15) is 0 Å². The Balaban J connectivity index is 0.000000246. The zero-order valence-corrected chi connectivity index (χ0v) is 25.1. The highest BCUT2D eigenvalue weighted by atomic mass is 19.2. The second-order valence-electron chi connectivity index (χ2n) is 10.8. The molecule has 2 saturated heterocycles. The number of nitrogens with zero attached hydrogens (tertiary/aromatic N) is 2.